The molecule has 9 heteroatoms. The maximum atomic E-state index is 12.4. The number of hydrogen-bond acceptors (Lipinski definition) is 6. The van der Waals surface area contributed by atoms with E-state index < -0.39 is 28.0 Å². The second-order valence-electron chi connectivity index (χ2n) is 5.50. The fourth-order valence-corrected chi connectivity index (χ4v) is 3.26. The highest BCUT2D eigenvalue weighted by Gasteiger charge is 2.27. The van der Waals surface area contributed by atoms with Crippen LogP contribution < -0.4 is 9.46 Å². The standard InChI is InChI=1S/C15H21NO7S/c1-9(2)7-12(14(17)18)16-24(20,21)10-5-6-11(15(19)23-4)13(8-10)22-3/h5-6,8-9,12,16H,7H2,1-4H3,(H,17,18). The molecular formula is C15H21NO7S. The average Bonchev–Trinajstić information content (AvgIpc) is 2.52. The highest BCUT2D eigenvalue weighted by molar-refractivity contribution is 7.89. The second kappa shape index (κ2) is 8.11. The number of carboxylic acid groups (broad SMARTS) is 1. The maximum Gasteiger partial charge on any atom is 0.341 e. The highest BCUT2D eigenvalue weighted by atomic mass is 32.2. The smallest absolute Gasteiger partial charge is 0.341 e. The van der Waals surface area contributed by atoms with Gasteiger partial charge in [0.15, 0.2) is 0 Å². The molecule has 0 amide bonds. The number of hydrogen-bond donors (Lipinski definition) is 2. The Hall–Kier alpha value is -2.13. The van der Waals surface area contributed by atoms with E-state index in [-0.39, 0.29) is 28.5 Å². The number of ether oxygens (including phenoxy) is 2. The zero-order valence-corrected chi connectivity index (χ0v) is 14.7. The van der Waals surface area contributed by atoms with Crippen LogP contribution >= 0.6 is 0 Å². The van der Waals surface area contributed by atoms with Crippen LogP contribution in [0.1, 0.15) is 30.6 Å². The van der Waals surface area contributed by atoms with Gasteiger partial charge in [-0.3, -0.25) is 4.79 Å². The molecule has 1 atom stereocenters. The number of aliphatic carboxylic acids is 1. The molecule has 1 aromatic rings. The first-order chi connectivity index (χ1) is 11.1. The fraction of sp³-hybridized carbons (Fsp3) is 0.467. The molecule has 0 saturated heterocycles. The SMILES string of the molecule is COC(=O)c1ccc(S(=O)(=O)NC(CC(C)C)C(=O)O)cc1OC. The normalized spacial score (nSPS) is 12.7. The maximum absolute atomic E-state index is 12.4. The molecule has 0 aliphatic heterocycles. The van der Waals surface area contributed by atoms with Crippen molar-refractivity contribution in [3.63, 3.8) is 0 Å². The Morgan fingerprint density at radius 3 is 2.33 bits per heavy atom. The molecule has 0 heterocycles. The van der Waals surface area contributed by atoms with Crippen LogP contribution in [0, 0.1) is 5.92 Å². The number of methoxy groups -OCH3 is 2. The van der Waals surface area contributed by atoms with Gasteiger partial charge in [0, 0.05) is 6.07 Å². The van der Waals surface area contributed by atoms with Crippen molar-refractivity contribution in [2.75, 3.05) is 14.2 Å². The van der Waals surface area contributed by atoms with E-state index in [0.717, 1.165) is 6.07 Å². The summed E-state index contributed by atoms with van der Waals surface area (Å²) in [6.07, 6.45) is 0.145. The monoisotopic (exact) mass is 359 g/mol. The molecule has 0 aliphatic carbocycles. The summed E-state index contributed by atoms with van der Waals surface area (Å²) in [6.45, 7) is 3.58. The van der Waals surface area contributed by atoms with Crippen molar-refractivity contribution in [1.82, 2.24) is 4.72 Å². The second-order valence-corrected chi connectivity index (χ2v) is 7.21. The van der Waals surface area contributed by atoms with E-state index in [1.165, 1.54) is 26.4 Å². The van der Waals surface area contributed by atoms with E-state index in [9.17, 15) is 18.0 Å². The van der Waals surface area contributed by atoms with Gasteiger partial charge < -0.3 is 14.6 Å². The van der Waals surface area contributed by atoms with E-state index >= 15 is 0 Å². The van der Waals surface area contributed by atoms with Crippen molar-refractivity contribution in [3.8, 4) is 5.75 Å². The summed E-state index contributed by atoms with van der Waals surface area (Å²) in [5.74, 6) is -1.93. The first-order valence-corrected chi connectivity index (χ1v) is 8.62. The van der Waals surface area contributed by atoms with Gasteiger partial charge in [-0.15, -0.1) is 0 Å². The van der Waals surface area contributed by atoms with Gasteiger partial charge in [-0.05, 0) is 24.5 Å². The molecule has 0 saturated carbocycles. The Labute approximate surface area is 140 Å². The van der Waals surface area contributed by atoms with Crippen LogP contribution in [-0.4, -0.2) is 45.7 Å². The topological polar surface area (TPSA) is 119 Å². The Morgan fingerprint density at radius 2 is 1.88 bits per heavy atom. The van der Waals surface area contributed by atoms with Gasteiger partial charge in [0.1, 0.15) is 17.4 Å². The lowest BCUT2D eigenvalue weighted by Crippen LogP contribution is -2.41. The minimum atomic E-state index is -4.09. The average molecular weight is 359 g/mol. The summed E-state index contributed by atoms with van der Waals surface area (Å²) in [6, 6.07) is 2.33. The first kappa shape index (κ1) is 19.9. The van der Waals surface area contributed by atoms with Gasteiger partial charge in [0.25, 0.3) is 0 Å². The molecular weight excluding hydrogens is 338 g/mol. The molecule has 2 N–H and O–H groups in total. The van der Waals surface area contributed by atoms with Crippen LogP contribution in [0.3, 0.4) is 0 Å². The number of carbonyl (C=O) groups is 2. The lowest BCUT2D eigenvalue weighted by atomic mass is 10.1. The van der Waals surface area contributed by atoms with Crippen molar-refractivity contribution in [2.24, 2.45) is 5.92 Å². The van der Waals surface area contributed by atoms with Crippen molar-refractivity contribution in [2.45, 2.75) is 31.2 Å². The van der Waals surface area contributed by atoms with Crippen LogP contribution in [0.2, 0.25) is 0 Å². The summed E-state index contributed by atoms with van der Waals surface area (Å²) >= 11 is 0. The van der Waals surface area contributed by atoms with Crippen LogP contribution in [0.4, 0.5) is 0 Å². The predicted octanol–water partition coefficient (Wildman–Crippen LogP) is 1.26. The molecule has 8 nitrogen and oxygen atoms in total. The van der Waals surface area contributed by atoms with Crippen LogP contribution in [0.25, 0.3) is 0 Å². The van der Waals surface area contributed by atoms with Gasteiger partial charge in [-0.2, -0.15) is 4.72 Å². The first-order valence-electron chi connectivity index (χ1n) is 7.13. The molecule has 1 unspecified atom stereocenters. The van der Waals surface area contributed by atoms with E-state index in [2.05, 4.69) is 9.46 Å². The summed E-state index contributed by atoms with van der Waals surface area (Å²) in [4.78, 5) is 22.6. The van der Waals surface area contributed by atoms with Gasteiger partial charge in [-0.1, -0.05) is 13.8 Å². The molecule has 134 valence electrons. The number of nitrogens with one attached hydrogen (secondary N) is 1. The molecule has 0 spiro atoms. The Balaban J connectivity index is 3.18. The van der Waals surface area contributed by atoms with Gasteiger partial charge in [0.05, 0.1) is 19.1 Å². The minimum Gasteiger partial charge on any atom is -0.496 e. The van der Waals surface area contributed by atoms with Crippen molar-refractivity contribution in [1.29, 1.82) is 0 Å². The number of carboxylic acids is 1. The third kappa shape index (κ3) is 4.93. The predicted molar refractivity (Wildman–Crippen MR) is 85.5 cm³/mol. The Bertz CT molecular complexity index is 713. The molecule has 0 bridgehead atoms. The van der Waals surface area contributed by atoms with Gasteiger partial charge >= 0.3 is 11.9 Å². The lowest BCUT2D eigenvalue weighted by Gasteiger charge is -2.17. The van der Waals surface area contributed by atoms with Gasteiger partial charge in [-0.25, -0.2) is 13.2 Å². The minimum absolute atomic E-state index is 0.00923. The Kier molecular flexibility index (Phi) is 6.73. The van der Waals surface area contributed by atoms with Crippen LogP contribution in [0.5, 0.6) is 5.75 Å². The fourth-order valence-electron chi connectivity index (χ4n) is 2.04. The van der Waals surface area contributed by atoms with E-state index in [1.807, 2.05) is 0 Å². The van der Waals surface area contributed by atoms with Crippen LogP contribution in [0.15, 0.2) is 23.1 Å². The summed E-state index contributed by atoms with van der Waals surface area (Å²) in [5.41, 5.74) is 0.0657. The number of sulfonamides is 1. The van der Waals surface area contributed by atoms with Crippen molar-refractivity contribution < 1.29 is 32.6 Å². The van der Waals surface area contributed by atoms with E-state index in [4.69, 9.17) is 9.84 Å². The molecule has 0 radical (unpaired) electrons. The molecule has 0 fully saturated rings. The summed E-state index contributed by atoms with van der Waals surface area (Å²) in [7, 11) is -1.62. The van der Waals surface area contributed by atoms with E-state index in [1.54, 1.807) is 13.8 Å². The zero-order chi connectivity index (χ0) is 18.5. The van der Waals surface area contributed by atoms with Crippen molar-refractivity contribution >= 4 is 22.0 Å². The lowest BCUT2D eigenvalue weighted by molar-refractivity contribution is -0.139. The molecule has 1 aromatic carbocycles. The quantitative estimate of drug-likeness (QED) is 0.671. The molecule has 0 aromatic heterocycles. The van der Waals surface area contributed by atoms with E-state index in [0.29, 0.717) is 0 Å². The van der Waals surface area contributed by atoms with Crippen molar-refractivity contribution in [3.05, 3.63) is 23.8 Å². The number of benzene rings is 1. The number of rotatable bonds is 8. The van der Waals surface area contributed by atoms with Gasteiger partial charge in [0.2, 0.25) is 10.0 Å². The molecule has 1 rings (SSSR count). The number of esters is 1. The molecule has 0 aliphatic rings. The zero-order valence-electron chi connectivity index (χ0n) is 13.9. The number of carbonyl (C=O) groups excluding carboxylic acids is 1. The third-order valence-electron chi connectivity index (χ3n) is 3.19. The summed E-state index contributed by atoms with van der Waals surface area (Å²) in [5, 5.41) is 9.17. The largest absolute Gasteiger partial charge is 0.496 e. The van der Waals surface area contributed by atoms with Crippen LogP contribution in [-0.2, 0) is 19.6 Å². The highest BCUT2D eigenvalue weighted by Crippen LogP contribution is 2.24. The summed E-state index contributed by atoms with van der Waals surface area (Å²) < 4.78 is 36.6. The molecule has 24 heavy (non-hydrogen) atoms. The third-order valence-corrected chi connectivity index (χ3v) is 4.66. The Morgan fingerprint density at radius 1 is 1.25 bits per heavy atom.